The van der Waals surface area contributed by atoms with Crippen molar-refractivity contribution in [3.05, 3.63) is 64.5 Å². The lowest BCUT2D eigenvalue weighted by molar-refractivity contribution is -0.384. The molecule has 0 spiro atoms. The Morgan fingerprint density at radius 3 is 2.48 bits per heavy atom. The normalized spacial score (nSPS) is 15.0. The highest BCUT2D eigenvalue weighted by atomic mass is 16.6. The van der Waals surface area contributed by atoms with E-state index in [1.807, 2.05) is 0 Å². The van der Waals surface area contributed by atoms with E-state index in [4.69, 9.17) is 0 Å². The van der Waals surface area contributed by atoms with E-state index in [-0.39, 0.29) is 11.6 Å². The van der Waals surface area contributed by atoms with Crippen molar-refractivity contribution in [1.82, 2.24) is 15.2 Å². The van der Waals surface area contributed by atoms with Gasteiger partial charge in [-0.05, 0) is 24.3 Å². The van der Waals surface area contributed by atoms with E-state index in [0.717, 1.165) is 31.9 Å². The Labute approximate surface area is 145 Å². The fraction of sp³-hybridized carbons (Fsp3) is 0.294. The van der Waals surface area contributed by atoms with Crippen LogP contribution in [-0.4, -0.2) is 53.6 Å². The summed E-state index contributed by atoms with van der Waals surface area (Å²) in [5, 5.41) is 13.6. The quantitative estimate of drug-likeness (QED) is 0.654. The van der Waals surface area contributed by atoms with Crippen molar-refractivity contribution in [3.63, 3.8) is 0 Å². The van der Waals surface area contributed by atoms with Crippen LogP contribution in [0.5, 0.6) is 0 Å². The number of carbonyl (C=O) groups is 1. The van der Waals surface area contributed by atoms with Gasteiger partial charge in [-0.2, -0.15) is 0 Å². The van der Waals surface area contributed by atoms with E-state index in [1.54, 1.807) is 36.7 Å². The molecule has 8 nitrogen and oxygen atoms in total. The summed E-state index contributed by atoms with van der Waals surface area (Å²) in [6, 6.07) is 10.1. The van der Waals surface area contributed by atoms with E-state index >= 15 is 0 Å². The first-order chi connectivity index (χ1) is 12.1. The number of amides is 1. The molecule has 0 aliphatic carbocycles. The molecule has 1 aliphatic rings. The molecule has 2 heterocycles. The lowest BCUT2D eigenvalue weighted by atomic mass is 10.2. The molecule has 0 unspecified atom stereocenters. The molecule has 3 rings (SSSR count). The average Bonchev–Trinajstić information content (AvgIpc) is 2.67. The molecule has 130 valence electrons. The summed E-state index contributed by atoms with van der Waals surface area (Å²) in [7, 11) is 0. The van der Waals surface area contributed by atoms with Crippen LogP contribution in [0.1, 0.15) is 10.4 Å². The van der Waals surface area contributed by atoms with Crippen molar-refractivity contribution in [1.29, 1.82) is 0 Å². The first-order valence-electron chi connectivity index (χ1n) is 8.03. The number of anilines is 1. The summed E-state index contributed by atoms with van der Waals surface area (Å²) in [5.74, 6) is -0.133. The predicted octanol–water partition coefficient (Wildman–Crippen LogP) is 1.50. The van der Waals surface area contributed by atoms with Gasteiger partial charge in [0.25, 0.3) is 11.6 Å². The maximum atomic E-state index is 12.0. The van der Waals surface area contributed by atoms with Crippen LogP contribution < -0.4 is 10.2 Å². The minimum absolute atomic E-state index is 0.0977. The smallest absolute Gasteiger partial charge is 0.269 e. The zero-order valence-electron chi connectivity index (χ0n) is 13.7. The third-order valence-electron chi connectivity index (χ3n) is 4.18. The fourth-order valence-corrected chi connectivity index (χ4v) is 2.73. The van der Waals surface area contributed by atoms with Gasteiger partial charge in [-0.3, -0.25) is 24.8 Å². The molecule has 1 aromatic carbocycles. The van der Waals surface area contributed by atoms with Gasteiger partial charge in [0.15, 0.2) is 0 Å². The number of nitrogens with zero attached hydrogens (tertiary/aromatic N) is 4. The van der Waals surface area contributed by atoms with E-state index in [2.05, 4.69) is 20.1 Å². The number of non-ortho nitro benzene ring substituents is 1. The fourth-order valence-electron chi connectivity index (χ4n) is 2.73. The number of nitro benzene ring substituents is 1. The average molecular weight is 341 g/mol. The second kappa shape index (κ2) is 7.71. The van der Waals surface area contributed by atoms with Crippen LogP contribution in [0, 0.1) is 10.1 Å². The minimum Gasteiger partial charge on any atom is -0.369 e. The number of aromatic nitrogens is 1. The molecule has 0 atom stereocenters. The van der Waals surface area contributed by atoms with Crippen LogP contribution in [0.2, 0.25) is 0 Å². The number of benzene rings is 1. The lowest BCUT2D eigenvalue weighted by Crippen LogP contribution is -2.50. The van der Waals surface area contributed by atoms with E-state index in [1.165, 1.54) is 12.1 Å². The van der Waals surface area contributed by atoms with Crippen molar-refractivity contribution in [2.45, 2.75) is 0 Å². The van der Waals surface area contributed by atoms with Crippen molar-refractivity contribution < 1.29 is 9.72 Å². The van der Waals surface area contributed by atoms with Crippen LogP contribution in [-0.2, 0) is 0 Å². The highest BCUT2D eigenvalue weighted by Gasteiger charge is 2.18. The largest absolute Gasteiger partial charge is 0.369 e. The monoisotopic (exact) mass is 341 g/mol. The molecule has 0 radical (unpaired) electrons. The Hall–Kier alpha value is -3.00. The molecular formula is C17H19N5O3. The summed E-state index contributed by atoms with van der Waals surface area (Å²) in [6.07, 6.45) is 3.18. The molecule has 2 aromatic rings. The Bertz CT molecular complexity index is 728. The van der Waals surface area contributed by atoms with Crippen LogP contribution in [0.15, 0.2) is 48.8 Å². The van der Waals surface area contributed by atoms with Gasteiger partial charge in [-0.1, -0.05) is 0 Å². The minimum atomic E-state index is -0.396. The summed E-state index contributed by atoms with van der Waals surface area (Å²) in [4.78, 5) is 30.6. The van der Waals surface area contributed by atoms with Gasteiger partial charge in [-0.25, -0.2) is 0 Å². The van der Waals surface area contributed by atoms with Crippen LogP contribution in [0.25, 0.3) is 0 Å². The second-order valence-corrected chi connectivity index (χ2v) is 5.78. The summed E-state index contributed by atoms with van der Waals surface area (Å²) in [6.45, 7) is 3.72. The molecule has 1 aliphatic heterocycles. The highest BCUT2D eigenvalue weighted by molar-refractivity contribution is 5.93. The van der Waals surface area contributed by atoms with Crippen LogP contribution in [0.3, 0.4) is 0 Å². The SMILES string of the molecule is O=C(NCN1CCN(c2ccc([N+](=O)[O-])cc2)CC1)c1cccnc1. The van der Waals surface area contributed by atoms with Gasteiger partial charge in [0.05, 0.1) is 17.2 Å². The number of hydrogen-bond acceptors (Lipinski definition) is 6. The summed E-state index contributed by atoms with van der Waals surface area (Å²) in [5.41, 5.74) is 1.62. The number of nitro groups is 1. The summed E-state index contributed by atoms with van der Waals surface area (Å²) >= 11 is 0. The Morgan fingerprint density at radius 2 is 1.88 bits per heavy atom. The lowest BCUT2D eigenvalue weighted by Gasteiger charge is -2.36. The van der Waals surface area contributed by atoms with Crippen LogP contribution in [0.4, 0.5) is 11.4 Å². The zero-order valence-corrected chi connectivity index (χ0v) is 13.7. The number of carbonyl (C=O) groups excluding carboxylic acids is 1. The van der Waals surface area contributed by atoms with E-state index < -0.39 is 4.92 Å². The molecule has 1 N–H and O–H groups in total. The molecule has 1 fully saturated rings. The van der Waals surface area contributed by atoms with E-state index in [9.17, 15) is 14.9 Å². The Balaban J connectivity index is 1.47. The van der Waals surface area contributed by atoms with Gasteiger partial charge >= 0.3 is 0 Å². The number of hydrogen-bond donors (Lipinski definition) is 1. The first kappa shape index (κ1) is 16.8. The van der Waals surface area contributed by atoms with Gasteiger partial charge in [0, 0.05) is 56.4 Å². The molecule has 1 aromatic heterocycles. The Morgan fingerprint density at radius 1 is 1.16 bits per heavy atom. The molecule has 25 heavy (non-hydrogen) atoms. The number of rotatable bonds is 5. The van der Waals surface area contributed by atoms with Crippen molar-refractivity contribution >= 4 is 17.3 Å². The topological polar surface area (TPSA) is 91.6 Å². The first-order valence-corrected chi connectivity index (χ1v) is 8.03. The molecule has 1 amide bonds. The van der Waals surface area contributed by atoms with Gasteiger partial charge in [-0.15, -0.1) is 0 Å². The highest BCUT2D eigenvalue weighted by Crippen LogP contribution is 2.20. The molecular weight excluding hydrogens is 322 g/mol. The Kier molecular flexibility index (Phi) is 5.20. The molecule has 8 heteroatoms. The van der Waals surface area contributed by atoms with Crippen LogP contribution >= 0.6 is 0 Å². The third-order valence-corrected chi connectivity index (χ3v) is 4.18. The summed E-state index contributed by atoms with van der Waals surface area (Å²) < 4.78 is 0. The van der Waals surface area contributed by atoms with Crippen molar-refractivity contribution in [2.75, 3.05) is 37.7 Å². The van der Waals surface area contributed by atoms with Gasteiger partial charge in [0.2, 0.25) is 0 Å². The third kappa shape index (κ3) is 4.30. The standard InChI is InChI=1S/C17H19N5O3/c23-17(14-2-1-7-18-12-14)19-13-20-8-10-21(11-9-20)15-3-5-16(6-4-15)22(24)25/h1-7,12H,8-11,13H2,(H,19,23). The van der Waals surface area contributed by atoms with Gasteiger partial charge < -0.3 is 10.2 Å². The van der Waals surface area contributed by atoms with E-state index in [0.29, 0.717) is 12.2 Å². The molecule has 0 saturated carbocycles. The zero-order chi connectivity index (χ0) is 17.6. The molecule has 1 saturated heterocycles. The second-order valence-electron chi connectivity index (χ2n) is 5.78. The number of piperazine rings is 1. The van der Waals surface area contributed by atoms with Crippen molar-refractivity contribution in [3.8, 4) is 0 Å². The van der Waals surface area contributed by atoms with Gasteiger partial charge in [0.1, 0.15) is 0 Å². The van der Waals surface area contributed by atoms with Crippen molar-refractivity contribution in [2.24, 2.45) is 0 Å². The molecule has 0 bridgehead atoms. The predicted molar refractivity (Wildman–Crippen MR) is 93.5 cm³/mol. The maximum absolute atomic E-state index is 12.0. The number of pyridine rings is 1. The maximum Gasteiger partial charge on any atom is 0.269 e. The number of nitrogens with one attached hydrogen (secondary N) is 1.